The summed E-state index contributed by atoms with van der Waals surface area (Å²) < 4.78 is 32.3. The van der Waals surface area contributed by atoms with Gasteiger partial charge >= 0.3 is 17.9 Å². The van der Waals surface area contributed by atoms with Gasteiger partial charge in [-0.05, 0) is 73.0 Å². The maximum absolute atomic E-state index is 15.5. The monoisotopic (exact) mass is 923 g/mol. The Morgan fingerprint density at radius 1 is 0.879 bits per heavy atom. The number of esters is 3. The van der Waals surface area contributed by atoms with Gasteiger partial charge in [0.05, 0.1) is 35.6 Å². The maximum Gasteiger partial charge on any atom is 0.338 e. The summed E-state index contributed by atoms with van der Waals surface area (Å²) in [6.45, 7) is 19.7. The molecule has 3 aliphatic carbocycles. The first kappa shape index (κ1) is 48.9. The SMILES string of the molecule is CC(=O)O[C@@]12CO[C@@H]1C[C@H](O)[C@@]1(C)C(=O)[C@H](C)C3=C(C)[C@@H](OC(=O)C(O[Si](C)(C)C(C)(C)C)[C@@H](NC(=O)c4ccccc4)c4ccccc4)C[C@@](O)([C@@H](OC(=O)c4ccccc4)[C@H]21)C3(C)C. The number of carbonyl (C=O) groups is 5. The van der Waals surface area contributed by atoms with Crippen LogP contribution in [0.1, 0.15) is 107 Å². The number of hydrogen-bond donors (Lipinski definition) is 3. The lowest BCUT2D eigenvalue weighted by atomic mass is 9.43. The fraction of sp³-hybridized carbons (Fsp3) is 0.519. The van der Waals surface area contributed by atoms with Crippen LogP contribution >= 0.6 is 0 Å². The number of ether oxygens (including phenoxy) is 4. The van der Waals surface area contributed by atoms with Crippen LogP contribution in [-0.2, 0) is 37.8 Å². The maximum atomic E-state index is 15.5. The summed E-state index contributed by atoms with van der Waals surface area (Å²) in [6, 6.07) is 24.8. The van der Waals surface area contributed by atoms with Crippen LogP contribution in [0.5, 0.6) is 0 Å². The van der Waals surface area contributed by atoms with Crippen LogP contribution in [0.3, 0.4) is 0 Å². The van der Waals surface area contributed by atoms with E-state index in [0.29, 0.717) is 22.3 Å². The van der Waals surface area contributed by atoms with Crippen LogP contribution in [0, 0.1) is 22.7 Å². The zero-order valence-electron chi connectivity index (χ0n) is 39.9. The Morgan fingerprint density at radius 2 is 1.44 bits per heavy atom. The summed E-state index contributed by atoms with van der Waals surface area (Å²) in [5.74, 6) is -5.55. The topological polar surface area (TPSA) is 184 Å². The first-order valence-corrected chi connectivity index (χ1v) is 25.7. The van der Waals surface area contributed by atoms with Crippen molar-refractivity contribution in [3.8, 4) is 0 Å². The van der Waals surface area contributed by atoms with Gasteiger partial charge in [0.25, 0.3) is 5.91 Å². The van der Waals surface area contributed by atoms with Gasteiger partial charge in [0, 0.05) is 36.7 Å². The van der Waals surface area contributed by atoms with E-state index in [4.69, 9.17) is 23.4 Å². The van der Waals surface area contributed by atoms with Gasteiger partial charge < -0.3 is 38.9 Å². The van der Waals surface area contributed by atoms with E-state index in [-0.39, 0.29) is 25.0 Å². The molecule has 1 unspecified atom stereocenters. The van der Waals surface area contributed by atoms with E-state index in [1.165, 1.54) is 6.92 Å². The highest BCUT2D eigenvalue weighted by atomic mass is 28.4. The quantitative estimate of drug-likeness (QED) is 0.0748. The molecule has 14 heteroatoms. The molecule has 1 amide bonds. The summed E-state index contributed by atoms with van der Waals surface area (Å²) in [5.41, 5.74) is -4.85. The Balaban J connectivity index is 1.40. The predicted octanol–water partition coefficient (Wildman–Crippen LogP) is 7.47. The third-order valence-corrected chi connectivity index (χ3v) is 20.2. The molecule has 7 rings (SSSR count). The Hall–Kier alpha value is -4.99. The molecule has 2 bridgehead atoms. The van der Waals surface area contributed by atoms with E-state index in [2.05, 4.69) is 5.32 Å². The molecule has 1 saturated heterocycles. The summed E-state index contributed by atoms with van der Waals surface area (Å²) in [5, 5.41) is 28.7. The van der Waals surface area contributed by atoms with E-state index in [0.717, 1.165) is 0 Å². The van der Waals surface area contributed by atoms with Gasteiger partial charge in [-0.15, -0.1) is 0 Å². The van der Waals surface area contributed by atoms with Crippen LogP contribution in [0.25, 0.3) is 0 Å². The molecule has 3 aromatic rings. The third-order valence-electron chi connectivity index (χ3n) is 15.7. The summed E-state index contributed by atoms with van der Waals surface area (Å²) in [4.78, 5) is 72.4. The molecule has 1 heterocycles. The van der Waals surface area contributed by atoms with E-state index in [1.54, 1.807) is 120 Å². The average Bonchev–Trinajstić information content (AvgIpc) is 3.26. The Kier molecular flexibility index (Phi) is 13.0. The van der Waals surface area contributed by atoms with Crippen molar-refractivity contribution in [2.24, 2.45) is 22.7 Å². The normalized spacial score (nSPS) is 31.3. The van der Waals surface area contributed by atoms with Crippen molar-refractivity contribution in [2.45, 2.75) is 141 Å². The molecule has 0 radical (unpaired) electrons. The molecule has 11 atom stereocenters. The lowest BCUT2D eigenvalue weighted by molar-refractivity contribution is -0.345. The van der Waals surface area contributed by atoms with Gasteiger partial charge in [-0.2, -0.15) is 0 Å². The minimum atomic E-state index is -2.85. The minimum absolute atomic E-state index is 0.0583. The van der Waals surface area contributed by atoms with E-state index in [1.807, 2.05) is 39.9 Å². The zero-order valence-corrected chi connectivity index (χ0v) is 40.9. The molecular formula is C52H65NO12Si. The number of carbonyl (C=O) groups excluding carboxylic acids is 5. The average molecular weight is 924 g/mol. The van der Waals surface area contributed by atoms with Gasteiger partial charge in [0.1, 0.15) is 29.7 Å². The predicted molar refractivity (Wildman–Crippen MR) is 247 cm³/mol. The zero-order chi connectivity index (χ0) is 48.4. The molecular weight excluding hydrogens is 859 g/mol. The number of rotatable bonds is 11. The van der Waals surface area contributed by atoms with Crippen molar-refractivity contribution >= 4 is 37.9 Å². The molecule has 3 N–H and O–H groups in total. The number of aliphatic hydroxyl groups excluding tert-OH is 1. The second-order valence-electron chi connectivity index (χ2n) is 20.9. The van der Waals surface area contributed by atoms with Crippen LogP contribution in [0.4, 0.5) is 0 Å². The van der Waals surface area contributed by atoms with Crippen molar-refractivity contribution in [3.05, 3.63) is 119 Å². The molecule has 3 aromatic carbocycles. The number of ketones is 1. The third kappa shape index (κ3) is 8.16. The minimum Gasteiger partial charge on any atom is -0.456 e. The van der Waals surface area contributed by atoms with Crippen LogP contribution in [0.2, 0.25) is 18.1 Å². The van der Waals surface area contributed by atoms with Gasteiger partial charge in [0.2, 0.25) is 0 Å². The number of fused-ring (bicyclic) bond motifs is 5. The van der Waals surface area contributed by atoms with Crippen molar-refractivity contribution in [1.29, 1.82) is 0 Å². The smallest absolute Gasteiger partial charge is 0.338 e. The molecule has 13 nitrogen and oxygen atoms in total. The summed E-state index contributed by atoms with van der Waals surface area (Å²) >= 11 is 0. The molecule has 0 aromatic heterocycles. The van der Waals surface area contributed by atoms with Gasteiger partial charge in [-0.1, -0.05) is 108 Å². The second-order valence-corrected chi connectivity index (χ2v) is 25.7. The number of benzene rings is 3. The highest BCUT2D eigenvalue weighted by molar-refractivity contribution is 6.74. The number of Topliss-reactive ketones (excluding diaryl/α,β-unsaturated/α-hetero) is 1. The summed E-state index contributed by atoms with van der Waals surface area (Å²) in [7, 11) is -2.85. The van der Waals surface area contributed by atoms with Crippen LogP contribution in [-0.4, -0.2) is 96.5 Å². The Bertz CT molecular complexity index is 2380. The lowest BCUT2D eigenvalue weighted by Gasteiger charge is -2.67. The first-order chi connectivity index (χ1) is 30.8. The number of nitrogens with one attached hydrogen (secondary N) is 1. The van der Waals surface area contributed by atoms with Gasteiger partial charge in [0.15, 0.2) is 20.0 Å². The standard InChI is InChI=1S/C52H65NO12Si/c1-30-36(62-47(59)41(65-66(10,11)48(4,5)6)40(33-21-15-12-16-22-33)53-45(57)34-23-17-13-18-24-34)28-52(60)44(63-46(58)35-25-19-14-20-26-35)42-50(9,43(56)31(2)39(30)49(52,7)8)37(55)27-38-51(42,29-61-38)64-32(3)54/h12-26,31,36-38,40-42,44,55,60H,27-29H2,1-11H3,(H,53,57)/t31-,36+,37+,38-,40+,41?,42+,44+,50-,51+,52-/m1/s1. The number of hydrogen-bond acceptors (Lipinski definition) is 12. The van der Waals surface area contributed by atoms with Gasteiger partial charge in [-0.25, -0.2) is 9.59 Å². The number of aliphatic hydroxyl groups is 2. The second kappa shape index (κ2) is 17.6. The Morgan fingerprint density at radius 3 is 1.97 bits per heavy atom. The molecule has 0 spiro atoms. The molecule has 2 saturated carbocycles. The molecule has 354 valence electrons. The molecule has 66 heavy (non-hydrogen) atoms. The van der Waals surface area contributed by atoms with Crippen molar-refractivity contribution in [1.82, 2.24) is 5.32 Å². The Labute approximate surface area is 388 Å². The molecule has 3 fully saturated rings. The van der Waals surface area contributed by atoms with E-state index >= 15 is 9.59 Å². The van der Waals surface area contributed by atoms with Crippen molar-refractivity contribution in [2.75, 3.05) is 6.61 Å². The fourth-order valence-corrected chi connectivity index (χ4v) is 12.3. The lowest BCUT2D eigenvalue weighted by Crippen LogP contribution is -2.81. The summed E-state index contributed by atoms with van der Waals surface area (Å²) in [6.07, 6.45) is -6.97. The molecule has 4 aliphatic rings. The van der Waals surface area contributed by atoms with Crippen molar-refractivity contribution in [3.63, 3.8) is 0 Å². The highest BCUT2D eigenvalue weighted by Gasteiger charge is 2.77. The molecule has 1 aliphatic heterocycles. The van der Waals surface area contributed by atoms with Crippen LogP contribution in [0.15, 0.2) is 102 Å². The first-order valence-electron chi connectivity index (χ1n) is 22.8. The number of amides is 1. The largest absolute Gasteiger partial charge is 0.456 e. The van der Waals surface area contributed by atoms with Gasteiger partial charge in [-0.3, -0.25) is 14.4 Å². The highest BCUT2D eigenvalue weighted by Crippen LogP contribution is 2.65. The fourth-order valence-electron chi connectivity index (χ4n) is 11.0. The van der Waals surface area contributed by atoms with E-state index < -0.39 is 113 Å². The van der Waals surface area contributed by atoms with Crippen LogP contribution < -0.4 is 5.32 Å². The van der Waals surface area contributed by atoms with E-state index in [9.17, 15) is 24.6 Å². The van der Waals surface area contributed by atoms with Crippen molar-refractivity contribution < 1.29 is 57.6 Å².